The molecule has 0 radical (unpaired) electrons. The van der Waals surface area contributed by atoms with E-state index in [-0.39, 0.29) is 12.0 Å². The molecule has 5 heteroatoms. The van der Waals surface area contributed by atoms with Crippen LogP contribution in [0.3, 0.4) is 0 Å². The summed E-state index contributed by atoms with van der Waals surface area (Å²) >= 11 is 1.54. The standard InChI is InChI=1S/C15H16N2O2S/c1-11-4-5-14(20-11)15(18)17-7-8-19-13(10-17)12-3-2-6-16-9-12/h2-6,9,13H,7-8,10H2,1H3. The van der Waals surface area contributed by atoms with Crippen molar-refractivity contribution >= 4 is 17.2 Å². The second-order valence-corrected chi connectivity index (χ2v) is 6.10. The first kappa shape index (κ1) is 13.3. The number of pyridine rings is 1. The smallest absolute Gasteiger partial charge is 0.264 e. The highest BCUT2D eigenvalue weighted by atomic mass is 32.1. The van der Waals surface area contributed by atoms with Gasteiger partial charge in [-0.3, -0.25) is 9.78 Å². The predicted molar refractivity (Wildman–Crippen MR) is 77.9 cm³/mol. The summed E-state index contributed by atoms with van der Waals surface area (Å²) in [7, 11) is 0. The lowest BCUT2D eigenvalue weighted by Gasteiger charge is -2.32. The highest BCUT2D eigenvalue weighted by Gasteiger charge is 2.26. The number of thiophene rings is 1. The van der Waals surface area contributed by atoms with E-state index in [2.05, 4.69) is 4.98 Å². The van der Waals surface area contributed by atoms with Crippen molar-refractivity contribution < 1.29 is 9.53 Å². The lowest BCUT2D eigenvalue weighted by molar-refractivity contribution is -0.0228. The van der Waals surface area contributed by atoms with Gasteiger partial charge in [0.15, 0.2) is 0 Å². The lowest BCUT2D eigenvalue weighted by Crippen LogP contribution is -2.42. The van der Waals surface area contributed by atoms with Crippen molar-refractivity contribution in [2.45, 2.75) is 13.0 Å². The number of nitrogens with zero attached hydrogens (tertiary/aromatic N) is 2. The summed E-state index contributed by atoms with van der Waals surface area (Å²) in [5, 5.41) is 0. The van der Waals surface area contributed by atoms with Crippen LogP contribution in [-0.2, 0) is 4.74 Å². The van der Waals surface area contributed by atoms with Gasteiger partial charge in [0, 0.05) is 29.4 Å². The number of ether oxygens (including phenoxy) is 1. The maximum Gasteiger partial charge on any atom is 0.264 e. The van der Waals surface area contributed by atoms with E-state index in [0.717, 1.165) is 15.3 Å². The van der Waals surface area contributed by atoms with Crippen molar-refractivity contribution in [2.24, 2.45) is 0 Å². The number of hydrogen-bond donors (Lipinski definition) is 0. The largest absolute Gasteiger partial charge is 0.370 e. The fraction of sp³-hybridized carbons (Fsp3) is 0.333. The van der Waals surface area contributed by atoms with Crippen molar-refractivity contribution in [1.29, 1.82) is 0 Å². The third kappa shape index (κ3) is 2.73. The molecule has 1 aliphatic rings. The zero-order valence-electron chi connectivity index (χ0n) is 11.3. The van der Waals surface area contributed by atoms with E-state index in [1.807, 2.05) is 36.1 Å². The van der Waals surface area contributed by atoms with Crippen LogP contribution in [0.25, 0.3) is 0 Å². The van der Waals surface area contributed by atoms with E-state index in [1.165, 1.54) is 0 Å². The Kier molecular flexibility index (Phi) is 3.80. The molecule has 0 saturated carbocycles. The summed E-state index contributed by atoms with van der Waals surface area (Å²) < 4.78 is 5.75. The van der Waals surface area contributed by atoms with Crippen molar-refractivity contribution in [1.82, 2.24) is 9.88 Å². The van der Waals surface area contributed by atoms with Gasteiger partial charge in [-0.15, -0.1) is 11.3 Å². The molecule has 0 spiro atoms. The number of aromatic nitrogens is 1. The highest BCUT2D eigenvalue weighted by molar-refractivity contribution is 7.13. The molecule has 2 aromatic heterocycles. The van der Waals surface area contributed by atoms with E-state index in [1.54, 1.807) is 23.7 Å². The summed E-state index contributed by atoms with van der Waals surface area (Å²) in [6, 6.07) is 7.76. The Balaban J connectivity index is 1.74. The van der Waals surface area contributed by atoms with Gasteiger partial charge in [-0.05, 0) is 25.1 Å². The van der Waals surface area contributed by atoms with Crippen molar-refractivity contribution in [3.05, 3.63) is 52.0 Å². The molecule has 1 unspecified atom stereocenters. The molecule has 1 aliphatic heterocycles. The quantitative estimate of drug-likeness (QED) is 0.853. The zero-order chi connectivity index (χ0) is 13.9. The van der Waals surface area contributed by atoms with Gasteiger partial charge in [0.2, 0.25) is 0 Å². The number of morpholine rings is 1. The molecular formula is C15H16N2O2S. The third-order valence-corrected chi connectivity index (χ3v) is 4.35. The van der Waals surface area contributed by atoms with Crippen molar-refractivity contribution in [3.8, 4) is 0 Å². The fourth-order valence-corrected chi connectivity index (χ4v) is 3.14. The summed E-state index contributed by atoms with van der Waals surface area (Å²) in [5.74, 6) is 0.0975. The molecule has 2 aromatic rings. The Bertz CT molecular complexity index is 597. The van der Waals surface area contributed by atoms with Gasteiger partial charge in [0.25, 0.3) is 5.91 Å². The minimum Gasteiger partial charge on any atom is -0.370 e. The topological polar surface area (TPSA) is 42.4 Å². The Hall–Kier alpha value is -1.72. The number of carbonyl (C=O) groups is 1. The van der Waals surface area contributed by atoms with Crippen molar-refractivity contribution in [3.63, 3.8) is 0 Å². The van der Waals surface area contributed by atoms with E-state index >= 15 is 0 Å². The van der Waals surface area contributed by atoms with Crippen LogP contribution in [0.2, 0.25) is 0 Å². The molecule has 20 heavy (non-hydrogen) atoms. The molecule has 3 rings (SSSR count). The highest BCUT2D eigenvalue weighted by Crippen LogP contribution is 2.24. The second-order valence-electron chi connectivity index (χ2n) is 4.81. The Morgan fingerprint density at radius 2 is 2.35 bits per heavy atom. The average Bonchev–Trinajstić information content (AvgIpc) is 2.94. The van der Waals surface area contributed by atoms with Gasteiger partial charge in [-0.2, -0.15) is 0 Å². The van der Waals surface area contributed by atoms with Crippen LogP contribution in [0.4, 0.5) is 0 Å². The summed E-state index contributed by atoms with van der Waals surface area (Å²) in [5.41, 5.74) is 1.02. The molecule has 0 bridgehead atoms. The van der Waals surface area contributed by atoms with Crippen LogP contribution in [0.5, 0.6) is 0 Å². The third-order valence-electron chi connectivity index (χ3n) is 3.36. The molecule has 0 aromatic carbocycles. The minimum absolute atomic E-state index is 0.0811. The van der Waals surface area contributed by atoms with Crippen LogP contribution in [0.15, 0.2) is 36.7 Å². The van der Waals surface area contributed by atoms with Crippen LogP contribution < -0.4 is 0 Å². The monoisotopic (exact) mass is 288 g/mol. The molecule has 0 aliphatic carbocycles. The van der Waals surface area contributed by atoms with Gasteiger partial charge in [0.1, 0.15) is 6.10 Å². The maximum atomic E-state index is 12.5. The first-order valence-electron chi connectivity index (χ1n) is 6.61. The normalized spacial score (nSPS) is 19.1. The fourth-order valence-electron chi connectivity index (χ4n) is 2.31. The molecule has 1 amide bonds. The summed E-state index contributed by atoms with van der Waals surface area (Å²) in [6.45, 7) is 3.81. The number of rotatable bonds is 2. The first-order valence-corrected chi connectivity index (χ1v) is 7.43. The number of hydrogen-bond acceptors (Lipinski definition) is 4. The SMILES string of the molecule is Cc1ccc(C(=O)N2CCOC(c3cccnc3)C2)s1. The molecule has 1 fully saturated rings. The zero-order valence-corrected chi connectivity index (χ0v) is 12.1. The molecule has 1 saturated heterocycles. The Morgan fingerprint density at radius 3 is 3.05 bits per heavy atom. The molecule has 1 atom stereocenters. The average molecular weight is 288 g/mol. The maximum absolute atomic E-state index is 12.5. The van der Waals surface area contributed by atoms with Gasteiger partial charge in [-0.25, -0.2) is 0 Å². The number of amides is 1. The van der Waals surface area contributed by atoms with Crippen molar-refractivity contribution in [2.75, 3.05) is 19.7 Å². The summed E-state index contributed by atoms with van der Waals surface area (Å²) in [4.78, 5) is 20.4. The minimum atomic E-state index is -0.0811. The molecule has 0 N–H and O–H groups in total. The Morgan fingerprint density at radius 1 is 1.45 bits per heavy atom. The van der Waals surface area contributed by atoms with Crippen LogP contribution >= 0.6 is 11.3 Å². The van der Waals surface area contributed by atoms with E-state index < -0.39 is 0 Å². The van der Waals surface area contributed by atoms with Gasteiger partial charge in [-0.1, -0.05) is 6.07 Å². The number of carbonyl (C=O) groups excluding carboxylic acids is 1. The molecular weight excluding hydrogens is 272 g/mol. The summed E-state index contributed by atoms with van der Waals surface area (Å²) in [6.07, 6.45) is 3.46. The number of aryl methyl sites for hydroxylation is 1. The lowest BCUT2D eigenvalue weighted by atomic mass is 10.1. The molecule has 4 nitrogen and oxygen atoms in total. The predicted octanol–water partition coefficient (Wildman–Crippen LogP) is 2.67. The van der Waals surface area contributed by atoms with Gasteiger partial charge >= 0.3 is 0 Å². The first-order chi connectivity index (χ1) is 9.74. The van der Waals surface area contributed by atoms with E-state index in [4.69, 9.17) is 4.74 Å². The van der Waals surface area contributed by atoms with Crippen LogP contribution in [0.1, 0.15) is 26.2 Å². The molecule has 104 valence electrons. The van der Waals surface area contributed by atoms with Gasteiger partial charge in [0.05, 0.1) is 18.0 Å². The van der Waals surface area contributed by atoms with E-state index in [0.29, 0.717) is 19.7 Å². The molecule has 3 heterocycles. The van der Waals surface area contributed by atoms with Gasteiger partial charge < -0.3 is 9.64 Å². The van der Waals surface area contributed by atoms with Crippen LogP contribution in [-0.4, -0.2) is 35.5 Å². The van der Waals surface area contributed by atoms with E-state index in [9.17, 15) is 4.79 Å². The second kappa shape index (κ2) is 5.73. The Labute approximate surface area is 122 Å². The van der Waals surface area contributed by atoms with Crippen LogP contribution in [0, 0.1) is 6.92 Å².